The molecule has 20 heavy (non-hydrogen) atoms. The normalized spacial score (nSPS) is 10.7. The number of aromatic nitrogens is 3. The van der Waals surface area contributed by atoms with Crippen LogP contribution in [0.3, 0.4) is 0 Å². The fourth-order valence-electron chi connectivity index (χ4n) is 2.03. The van der Waals surface area contributed by atoms with Gasteiger partial charge >= 0.3 is 0 Å². The standard InChI is InChI=1S/C14H8ClFN4/c1-20-14-10(7-18-20)11(15)5-12(19-14)9-4-2-3-8(6-17)13(9)16/h2-5,7H,1H3. The van der Waals surface area contributed by atoms with Crippen LogP contribution in [0.25, 0.3) is 22.3 Å². The Hall–Kier alpha value is -2.45. The summed E-state index contributed by atoms with van der Waals surface area (Å²) in [5.74, 6) is -0.597. The van der Waals surface area contributed by atoms with E-state index in [9.17, 15) is 4.39 Å². The summed E-state index contributed by atoms with van der Waals surface area (Å²) in [6, 6.07) is 7.98. The van der Waals surface area contributed by atoms with Crippen LogP contribution in [0.1, 0.15) is 5.56 Å². The molecule has 0 aliphatic heterocycles. The van der Waals surface area contributed by atoms with Crippen LogP contribution >= 0.6 is 11.6 Å². The monoisotopic (exact) mass is 286 g/mol. The molecule has 0 radical (unpaired) electrons. The number of rotatable bonds is 1. The second kappa shape index (κ2) is 4.58. The summed E-state index contributed by atoms with van der Waals surface area (Å²) >= 11 is 6.17. The van der Waals surface area contributed by atoms with E-state index in [4.69, 9.17) is 16.9 Å². The Bertz CT molecular complexity index is 863. The zero-order valence-corrected chi connectivity index (χ0v) is 11.2. The first-order chi connectivity index (χ1) is 9.61. The van der Waals surface area contributed by atoms with Gasteiger partial charge in [-0.2, -0.15) is 10.4 Å². The Labute approximate surface area is 119 Å². The largest absolute Gasteiger partial charge is 0.250 e. The summed E-state index contributed by atoms with van der Waals surface area (Å²) in [5.41, 5.74) is 1.16. The van der Waals surface area contributed by atoms with E-state index in [-0.39, 0.29) is 11.1 Å². The van der Waals surface area contributed by atoms with Crippen LogP contribution in [0.4, 0.5) is 4.39 Å². The lowest BCUT2D eigenvalue weighted by atomic mass is 10.1. The lowest BCUT2D eigenvalue weighted by Gasteiger charge is -2.05. The van der Waals surface area contributed by atoms with Crippen molar-refractivity contribution >= 4 is 22.6 Å². The van der Waals surface area contributed by atoms with E-state index in [1.807, 2.05) is 6.07 Å². The van der Waals surface area contributed by atoms with Gasteiger partial charge in [-0.25, -0.2) is 9.37 Å². The van der Waals surface area contributed by atoms with Crippen molar-refractivity contribution in [2.45, 2.75) is 0 Å². The quantitative estimate of drug-likeness (QED) is 0.690. The molecule has 0 bridgehead atoms. The van der Waals surface area contributed by atoms with Gasteiger partial charge in [0.05, 0.1) is 27.9 Å². The van der Waals surface area contributed by atoms with Gasteiger partial charge in [0.1, 0.15) is 11.9 Å². The van der Waals surface area contributed by atoms with Crippen molar-refractivity contribution in [2.24, 2.45) is 7.05 Å². The summed E-state index contributed by atoms with van der Waals surface area (Å²) < 4.78 is 15.8. The van der Waals surface area contributed by atoms with Crippen molar-refractivity contribution in [3.8, 4) is 17.3 Å². The molecule has 0 saturated carbocycles. The molecule has 6 heteroatoms. The maximum absolute atomic E-state index is 14.2. The molecule has 0 amide bonds. The van der Waals surface area contributed by atoms with E-state index in [1.165, 1.54) is 6.07 Å². The Morgan fingerprint density at radius 2 is 2.20 bits per heavy atom. The van der Waals surface area contributed by atoms with Gasteiger partial charge in [-0.05, 0) is 18.2 Å². The van der Waals surface area contributed by atoms with E-state index < -0.39 is 5.82 Å². The number of pyridine rings is 1. The maximum atomic E-state index is 14.2. The number of fused-ring (bicyclic) bond motifs is 1. The Morgan fingerprint density at radius 3 is 2.95 bits per heavy atom. The molecule has 0 fully saturated rings. The summed E-state index contributed by atoms with van der Waals surface area (Å²) in [6.07, 6.45) is 1.61. The molecule has 0 unspecified atom stereocenters. The van der Waals surface area contributed by atoms with Crippen molar-refractivity contribution in [1.82, 2.24) is 14.8 Å². The first-order valence-electron chi connectivity index (χ1n) is 5.79. The minimum atomic E-state index is -0.597. The molecule has 2 aromatic heterocycles. The van der Waals surface area contributed by atoms with Crippen LogP contribution in [0.2, 0.25) is 5.02 Å². The molecular weight excluding hydrogens is 279 g/mol. The lowest BCUT2D eigenvalue weighted by Crippen LogP contribution is -1.96. The molecule has 3 aromatic rings. The molecular formula is C14H8ClFN4. The van der Waals surface area contributed by atoms with Crippen molar-refractivity contribution < 1.29 is 4.39 Å². The smallest absolute Gasteiger partial charge is 0.159 e. The first-order valence-corrected chi connectivity index (χ1v) is 6.17. The van der Waals surface area contributed by atoms with Crippen LogP contribution < -0.4 is 0 Å². The summed E-state index contributed by atoms with van der Waals surface area (Å²) in [5, 5.41) is 14.1. The van der Waals surface area contributed by atoms with E-state index in [0.29, 0.717) is 21.7 Å². The predicted octanol–water partition coefficient (Wildman–Crippen LogP) is 3.30. The number of nitriles is 1. The average molecular weight is 287 g/mol. The highest BCUT2D eigenvalue weighted by Crippen LogP contribution is 2.29. The van der Waals surface area contributed by atoms with Crippen LogP contribution in [-0.2, 0) is 7.05 Å². The predicted molar refractivity (Wildman–Crippen MR) is 73.6 cm³/mol. The van der Waals surface area contributed by atoms with Gasteiger partial charge < -0.3 is 0 Å². The van der Waals surface area contributed by atoms with Gasteiger partial charge in [0.2, 0.25) is 0 Å². The van der Waals surface area contributed by atoms with E-state index in [0.717, 1.165) is 0 Å². The molecule has 98 valence electrons. The van der Waals surface area contributed by atoms with Crippen molar-refractivity contribution in [2.75, 3.05) is 0 Å². The number of hydrogen-bond acceptors (Lipinski definition) is 3. The van der Waals surface area contributed by atoms with Crippen LogP contribution in [0.15, 0.2) is 30.5 Å². The molecule has 0 N–H and O–H groups in total. The van der Waals surface area contributed by atoms with Gasteiger partial charge in [-0.15, -0.1) is 0 Å². The Kier molecular flexibility index (Phi) is 2.88. The number of halogens is 2. The van der Waals surface area contributed by atoms with Crippen molar-refractivity contribution in [3.05, 3.63) is 46.9 Å². The molecule has 0 aliphatic carbocycles. The van der Waals surface area contributed by atoms with Crippen LogP contribution in [0, 0.1) is 17.1 Å². The highest BCUT2D eigenvalue weighted by molar-refractivity contribution is 6.35. The third-order valence-electron chi connectivity index (χ3n) is 3.05. The molecule has 0 saturated heterocycles. The molecule has 0 spiro atoms. The molecule has 3 rings (SSSR count). The van der Waals surface area contributed by atoms with Gasteiger partial charge in [-0.3, -0.25) is 4.68 Å². The van der Waals surface area contributed by atoms with E-state index >= 15 is 0 Å². The Balaban J connectivity index is 2.30. The highest BCUT2D eigenvalue weighted by Gasteiger charge is 2.14. The van der Waals surface area contributed by atoms with Gasteiger partial charge in [0.15, 0.2) is 5.65 Å². The minimum absolute atomic E-state index is 0.0227. The SMILES string of the molecule is Cn1ncc2c(Cl)cc(-c3cccc(C#N)c3F)nc21. The summed E-state index contributed by atoms with van der Waals surface area (Å²) in [7, 11) is 1.73. The Morgan fingerprint density at radius 1 is 1.40 bits per heavy atom. The molecule has 4 nitrogen and oxygen atoms in total. The zero-order valence-electron chi connectivity index (χ0n) is 10.4. The number of aryl methyl sites for hydroxylation is 1. The first kappa shape index (κ1) is 12.6. The molecule has 2 heterocycles. The number of nitrogens with zero attached hydrogens (tertiary/aromatic N) is 4. The summed E-state index contributed by atoms with van der Waals surface area (Å²) in [4.78, 5) is 4.37. The minimum Gasteiger partial charge on any atom is -0.250 e. The van der Waals surface area contributed by atoms with Crippen molar-refractivity contribution in [3.63, 3.8) is 0 Å². The van der Waals surface area contributed by atoms with E-state index in [2.05, 4.69) is 10.1 Å². The molecule has 1 aromatic carbocycles. The number of benzene rings is 1. The van der Waals surface area contributed by atoms with Crippen LogP contribution in [0.5, 0.6) is 0 Å². The maximum Gasteiger partial charge on any atom is 0.159 e. The average Bonchev–Trinajstić information content (AvgIpc) is 2.81. The third-order valence-corrected chi connectivity index (χ3v) is 3.36. The van der Waals surface area contributed by atoms with Gasteiger partial charge in [0.25, 0.3) is 0 Å². The van der Waals surface area contributed by atoms with Gasteiger partial charge in [0, 0.05) is 12.6 Å². The fourth-order valence-corrected chi connectivity index (χ4v) is 2.27. The third kappa shape index (κ3) is 1.82. The van der Waals surface area contributed by atoms with Crippen LogP contribution in [-0.4, -0.2) is 14.8 Å². The van der Waals surface area contributed by atoms with Gasteiger partial charge in [-0.1, -0.05) is 17.7 Å². The van der Waals surface area contributed by atoms with Crippen molar-refractivity contribution in [1.29, 1.82) is 5.26 Å². The lowest BCUT2D eigenvalue weighted by molar-refractivity contribution is 0.627. The highest BCUT2D eigenvalue weighted by atomic mass is 35.5. The molecule has 0 atom stereocenters. The topological polar surface area (TPSA) is 54.5 Å². The van der Waals surface area contributed by atoms with E-state index in [1.54, 1.807) is 36.1 Å². The zero-order chi connectivity index (χ0) is 14.3. The second-order valence-corrected chi connectivity index (χ2v) is 4.68. The molecule has 0 aliphatic rings. The number of hydrogen-bond donors (Lipinski definition) is 0. The fraction of sp³-hybridized carbons (Fsp3) is 0.0714. The summed E-state index contributed by atoms with van der Waals surface area (Å²) in [6.45, 7) is 0. The second-order valence-electron chi connectivity index (χ2n) is 4.27.